The topological polar surface area (TPSA) is 40.5 Å². The highest BCUT2D eigenvalue weighted by atomic mass is 32.1. The fraction of sp³-hybridized carbons (Fsp3) is 0.500. The zero-order chi connectivity index (χ0) is 10.8. The summed E-state index contributed by atoms with van der Waals surface area (Å²) >= 11 is 4.22. The van der Waals surface area contributed by atoms with E-state index in [2.05, 4.69) is 12.6 Å². The van der Waals surface area contributed by atoms with E-state index in [0.717, 1.165) is 0 Å². The summed E-state index contributed by atoms with van der Waals surface area (Å²) in [4.78, 5) is 0.573. The maximum Gasteiger partial charge on any atom is 0.134 e. The van der Waals surface area contributed by atoms with Crippen LogP contribution in [0.15, 0.2) is 17.0 Å². The van der Waals surface area contributed by atoms with Gasteiger partial charge in [0.05, 0.1) is 6.61 Å². The SMILES string of the molecule is OCc1cc(C2CCCC2)cc(S)c1O. The second kappa shape index (κ2) is 4.45. The van der Waals surface area contributed by atoms with E-state index in [1.165, 1.54) is 31.2 Å². The lowest BCUT2D eigenvalue weighted by atomic mass is 9.95. The van der Waals surface area contributed by atoms with Crippen molar-refractivity contribution in [3.05, 3.63) is 23.3 Å². The average Bonchev–Trinajstić information content (AvgIpc) is 2.75. The molecule has 3 heteroatoms. The Bertz CT molecular complexity index is 357. The molecule has 0 atom stereocenters. The lowest BCUT2D eigenvalue weighted by Gasteiger charge is -2.13. The second-order valence-electron chi connectivity index (χ2n) is 4.19. The van der Waals surface area contributed by atoms with Crippen LogP contribution in [0.1, 0.15) is 42.7 Å². The molecule has 1 aliphatic carbocycles. The highest BCUT2D eigenvalue weighted by Crippen LogP contribution is 2.38. The molecule has 2 nitrogen and oxygen atoms in total. The Kier molecular flexibility index (Phi) is 3.22. The molecule has 0 saturated heterocycles. The van der Waals surface area contributed by atoms with Gasteiger partial charge in [-0.15, -0.1) is 12.6 Å². The van der Waals surface area contributed by atoms with Crippen molar-refractivity contribution in [3.8, 4) is 5.75 Å². The number of thiol groups is 1. The van der Waals surface area contributed by atoms with Gasteiger partial charge in [0.1, 0.15) is 5.75 Å². The van der Waals surface area contributed by atoms with Gasteiger partial charge in [-0.3, -0.25) is 0 Å². The van der Waals surface area contributed by atoms with Gasteiger partial charge in [0, 0.05) is 10.5 Å². The van der Waals surface area contributed by atoms with Crippen LogP contribution in [-0.4, -0.2) is 10.2 Å². The van der Waals surface area contributed by atoms with Crippen LogP contribution in [-0.2, 0) is 6.61 Å². The molecule has 2 rings (SSSR count). The quantitative estimate of drug-likeness (QED) is 0.676. The number of benzene rings is 1. The predicted molar refractivity (Wildman–Crippen MR) is 62.5 cm³/mol. The summed E-state index contributed by atoms with van der Waals surface area (Å²) < 4.78 is 0. The molecule has 0 spiro atoms. The van der Waals surface area contributed by atoms with E-state index < -0.39 is 0 Å². The molecule has 1 aromatic carbocycles. The van der Waals surface area contributed by atoms with Crippen LogP contribution >= 0.6 is 12.6 Å². The molecule has 0 aliphatic heterocycles. The van der Waals surface area contributed by atoms with Gasteiger partial charge in [-0.25, -0.2) is 0 Å². The molecule has 0 radical (unpaired) electrons. The normalized spacial score (nSPS) is 17.2. The third-order valence-electron chi connectivity index (χ3n) is 3.19. The van der Waals surface area contributed by atoms with Crippen molar-refractivity contribution < 1.29 is 10.2 Å². The first kappa shape index (κ1) is 10.8. The van der Waals surface area contributed by atoms with Gasteiger partial charge in [0.25, 0.3) is 0 Å². The van der Waals surface area contributed by atoms with Crippen LogP contribution in [0.5, 0.6) is 5.75 Å². The molecule has 1 fully saturated rings. The molecule has 0 heterocycles. The summed E-state index contributed by atoms with van der Waals surface area (Å²) in [6, 6.07) is 3.83. The Morgan fingerprint density at radius 1 is 1.27 bits per heavy atom. The van der Waals surface area contributed by atoms with E-state index in [0.29, 0.717) is 16.4 Å². The Balaban J connectivity index is 2.35. The smallest absolute Gasteiger partial charge is 0.134 e. The van der Waals surface area contributed by atoms with Crippen molar-refractivity contribution in [2.45, 2.75) is 43.1 Å². The average molecular weight is 224 g/mol. The van der Waals surface area contributed by atoms with Crippen molar-refractivity contribution in [1.82, 2.24) is 0 Å². The summed E-state index contributed by atoms with van der Waals surface area (Å²) in [5.41, 5.74) is 1.80. The molecule has 1 aliphatic rings. The number of aliphatic hydroxyl groups excluding tert-OH is 1. The summed E-state index contributed by atoms with van der Waals surface area (Å²) in [6.45, 7) is -0.125. The minimum Gasteiger partial charge on any atom is -0.506 e. The van der Waals surface area contributed by atoms with Crippen LogP contribution in [0.4, 0.5) is 0 Å². The fourth-order valence-electron chi connectivity index (χ4n) is 2.32. The molecule has 0 aromatic heterocycles. The highest BCUT2D eigenvalue weighted by molar-refractivity contribution is 7.80. The summed E-state index contributed by atoms with van der Waals surface area (Å²) in [6.07, 6.45) is 4.98. The largest absolute Gasteiger partial charge is 0.506 e. The molecular formula is C12H16O2S. The molecule has 0 unspecified atom stereocenters. The van der Waals surface area contributed by atoms with E-state index in [9.17, 15) is 5.11 Å². The van der Waals surface area contributed by atoms with E-state index in [1.807, 2.05) is 12.1 Å². The first-order chi connectivity index (χ1) is 7.22. The van der Waals surface area contributed by atoms with Gasteiger partial charge >= 0.3 is 0 Å². The van der Waals surface area contributed by atoms with Crippen molar-refractivity contribution in [2.24, 2.45) is 0 Å². The molecule has 15 heavy (non-hydrogen) atoms. The molecule has 1 saturated carbocycles. The molecule has 0 bridgehead atoms. The van der Waals surface area contributed by atoms with Gasteiger partial charge in [-0.2, -0.15) is 0 Å². The van der Waals surface area contributed by atoms with Gasteiger partial charge in [0.15, 0.2) is 0 Å². The zero-order valence-corrected chi connectivity index (χ0v) is 9.50. The third kappa shape index (κ3) is 2.13. The third-order valence-corrected chi connectivity index (χ3v) is 3.53. The second-order valence-corrected chi connectivity index (χ2v) is 4.67. The number of hydrogen-bond acceptors (Lipinski definition) is 3. The highest BCUT2D eigenvalue weighted by Gasteiger charge is 2.19. The van der Waals surface area contributed by atoms with Crippen LogP contribution < -0.4 is 0 Å². The lowest BCUT2D eigenvalue weighted by Crippen LogP contribution is -1.95. The van der Waals surface area contributed by atoms with Gasteiger partial charge < -0.3 is 10.2 Å². The number of rotatable bonds is 2. The van der Waals surface area contributed by atoms with Crippen molar-refractivity contribution in [2.75, 3.05) is 0 Å². The Hall–Kier alpha value is -0.670. The van der Waals surface area contributed by atoms with Crippen molar-refractivity contribution >= 4 is 12.6 Å². The van der Waals surface area contributed by atoms with Crippen molar-refractivity contribution in [1.29, 1.82) is 0 Å². The van der Waals surface area contributed by atoms with Gasteiger partial charge in [-0.1, -0.05) is 12.8 Å². The predicted octanol–water partition coefficient (Wildman–Crippen LogP) is 2.83. The molecule has 1 aromatic rings. The van der Waals surface area contributed by atoms with Crippen LogP contribution in [0, 0.1) is 0 Å². The van der Waals surface area contributed by atoms with Crippen LogP contribution in [0.2, 0.25) is 0 Å². The van der Waals surface area contributed by atoms with E-state index in [4.69, 9.17) is 5.11 Å². The zero-order valence-electron chi connectivity index (χ0n) is 8.61. The van der Waals surface area contributed by atoms with Crippen LogP contribution in [0.25, 0.3) is 0 Å². The number of phenols is 1. The Morgan fingerprint density at radius 3 is 2.53 bits per heavy atom. The molecule has 0 amide bonds. The lowest BCUT2D eigenvalue weighted by molar-refractivity contribution is 0.274. The first-order valence-electron chi connectivity index (χ1n) is 5.38. The Labute approximate surface area is 95.4 Å². The number of aromatic hydroxyl groups is 1. The minimum absolute atomic E-state index is 0.114. The maximum absolute atomic E-state index is 9.63. The summed E-state index contributed by atoms with van der Waals surface area (Å²) in [5, 5.41) is 18.7. The summed E-state index contributed by atoms with van der Waals surface area (Å²) in [7, 11) is 0. The van der Waals surface area contributed by atoms with Gasteiger partial charge in [0.2, 0.25) is 0 Å². The fourth-order valence-corrected chi connectivity index (χ4v) is 2.61. The molecule has 2 N–H and O–H groups in total. The molecule has 82 valence electrons. The number of hydrogen-bond donors (Lipinski definition) is 3. The maximum atomic E-state index is 9.63. The van der Waals surface area contributed by atoms with Crippen LogP contribution in [0.3, 0.4) is 0 Å². The number of aliphatic hydroxyl groups is 1. The van der Waals surface area contributed by atoms with Crippen molar-refractivity contribution in [3.63, 3.8) is 0 Å². The van der Waals surface area contributed by atoms with E-state index >= 15 is 0 Å². The minimum atomic E-state index is -0.125. The van der Waals surface area contributed by atoms with Gasteiger partial charge in [-0.05, 0) is 36.5 Å². The monoisotopic (exact) mass is 224 g/mol. The van der Waals surface area contributed by atoms with E-state index in [1.54, 1.807) is 0 Å². The standard InChI is InChI=1S/C12H16O2S/c13-7-10-5-9(6-11(15)12(10)14)8-3-1-2-4-8/h5-6,8,13-15H,1-4,7H2. The summed E-state index contributed by atoms with van der Waals surface area (Å²) in [5.74, 6) is 0.699. The van der Waals surface area contributed by atoms with E-state index in [-0.39, 0.29) is 12.4 Å². The Morgan fingerprint density at radius 2 is 1.93 bits per heavy atom. The molecular weight excluding hydrogens is 208 g/mol. The first-order valence-corrected chi connectivity index (χ1v) is 5.82.